The molecule has 6 nitrogen and oxygen atoms in total. The zero-order valence-corrected chi connectivity index (χ0v) is 27.5. The molecule has 1 spiro atoms. The number of likely N-dealkylation sites (N-methyl/N-ethyl adjacent to an activating group) is 1. The summed E-state index contributed by atoms with van der Waals surface area (Å²) >= 11 is 0. The van der Waals surface area contributed by atoms with E-state index in [1.54, 1.807) is 14.2 Å². The molecule has 2 atom stereocenters. The van der Waals surface area contributed by atoms with Crippen molar-refractivity contribution in [3.05, 3.63) is 94.6 Å². The van der Waals surface area contributed by atoms with Crippen molar-refractivity contribution in [2.45, 2.75) is 73.4 Å². The highest BCUT2D eigenvalue weighted by molar-refractivity contribution is 5.82. The average Bonchev–Trinajstić information content (AvgIpc) is 3.11. The normalized spacial score (nSPS) is 23.5. The molecule has 0 saturated carbocycles. The second-order valence-electron chi connectivity index (χ2n) is 12.4. The number of hydrogen-bond donors (Lipinski definition) is 0. The molecule has 1 aromatic carbocycles. The smallest absolute Gasteiger partial charge is 0.325 e. The van der Waals surface area contributed by atoms with Crippen molar-refractivity contribution in [3.8, 4) is 0 Å². The lowest BCUT2D eigenvalue weighted by atomic mass is 9.80. The minimum absolute atomic E-state index is 0.00884. The van der Waals surface area contributed by atoms with Crippen molar-refractivity contribution in [2.24, 2.45) is 11.8 Å². The molecule has 2 saturated heterocycles. The maximum absolute atomic E-state index is 13.9. The highest BCUT2D eigenvalue weighted by Gasteiger charge is 2.54. The standard InChI is InChI=1S/C32H45N3O3.C4H8/c1-9-35-31(36)34-21-28(18-25(5)37-7)19-29(26(6)38-8)24(4)17-30(34)32(35)10-12-33(13-11-32)20-27-15-22(2)14-23(3)16-27;1-4(2)3/h14-19,24,28H,6,9-13,20-21H2,1-5,7-8H3;1H2,2-3H3/b25-18+,29-19?,30-17-;. The van der Waals surface area contributed by atoms with Crippen LogP contribution in [-0.2, 0) is 16.0 Å². The van der Waals surface area contributed by atoms with Crippen LogP contribution in [0.25, 0.3) is 0 Å². The number of likely N-dealkylation sites (tertiary alicyclic amines) is 1. The number of hydrogen-bond acceptors (Lipinski definition) is 4. The van der Waals surface area contributed by atoms with E-state index >= 15 is 0 Å². The molecule has 0 N–H and O–H groups in total. The summed E-state index contributed by atoms with van der Waals surface area (Å²) in [5.41, 5.74) is 7.07. The Morgan fingerprint density at radius 2 is 1.62 bits per heavy atom. The van der Waals surface area contributed by atoms with Crippen molar-refractivity contribution in [1.29, 1.82) is 0 Å². The fourth-order valence-electron chi connectivity index (χ4n) is 6.61. The number of benzene rings is 1. The largest absolute Gasteiger partial charge is 0.502 e. The fourth-order valence-corrected chi connectivity index (χ4v) is 6.61. The quantitative estimate of drug-likeness (QED) is 0.246. The molecule has 2 unspecified atom stereocenters. The van der Waals surface area contributed by atoms with E-state index in [0.29, 0.717) is 18.8 Å². The van der Waals surface area contributed by atoms with Gasteiger partial charge in [0.15, 0.2) is 0 Å². The van der Waals surface area contributed by atoms with Gasteiger partial charge in [-0.3, -0.25) is 9.80 Å². The van der Waals surface area contributed by atoms with Crippen LogP contribution in [0, 0.1) is 25.7 Å². The van der Waals surface area contributed by atoms with Gasteiger partial charge in [0.1, 0.15) is 5.76 Å². The van der Waals surface area contributed by atoms with Gasteiger partial charge in [-0.25, -0.2) is 4.79 Å². The predicted molar refractivity (Wildman–Crippen MR) is 174 cm³/mol. The molecule has 0 aromatic heterocycles. The summed E-state index contributed by atoms with van der Waals surface area (Å²) in [6.07, 6.45) is 8.43. The average molecular weight is 576 g/mol. The maximum Gasteiger partial charge on any atom is 0.325 e. The highest BCUT2D eigenvalue weighted by Crippen LogP contribution is 2.46. The van der Waals surface area contributed by atoms with Gasteiger partial charge in [-0.1, -0.05) is 60.6 Å². The third-order valence-electron chi connectivity index (χ3n) is 8.46. The number of carbonyl (C=O) groups excluding carboxylic acids is 1. The number of nitrogens with zero attached hydrogens (tertiary/aromatic N) is 3. The van der Waals surface area contributed by atoms with Gasteiger partial charge >= 0.3 is 6.03 Å². The predicted octanol–water partition coefficient (Wildman–Crippen LogP) is 7.76. The number of methoxy groups -OCH3 is 2. The van der Waals surface area contributed by atoms with Crippen LogP contribution in [-0.4, -0.2) is 66.7 Å². The first-order chi connectivity index (χ1) is 19.8. The Kier molecular flexibility index (Phi) is 11.3. The van der Waals surface area contributed by atoms with Gasteiger partial charge in [0.2, 0.25) is 0 Å². The van der Waals surface area contributed by atoms with Crippen molar-refractivity contribution in [1.82, 2.24) is 14.7 Å². The summed E-state index contributed by atoms with van der Waals surface area (Å²) in [5.74, 6) is 1.56. The first-order valence-corrected chi connectivity index (χ1v) is 15.3. The van der Waals surface area contributed by atoms with E-state index in [1.165, 1.54) is 22.3 Å². The van der Waals surface area contributed by atoms with Gasteiger partial charge in [0, 0.05) is 50.3 Å². The van der Waals surface area contributed by atoms with Crippen LogP contribution >= 0.6 is 0 Å². The summed E-state index contributed by atoms with van der Waals surface area (Å²) < 4.78 is 11.1. The minimum atomic E-state index is -0.291. The highest BCUT2D eigenvalue weighted by atomic mass is 16.5. The fraction of sp³-hybridized carbons (Fsp3) is 0.528. The molecule has 6 heteroatoms. The molecule has 2 amide bonds. The van der Waals surface area contributed by atoms with E-state index in [2.05, 4.69) is 87.1 Å². The van der Waals surface area contributed by atoms with Gasteiger partial charge in [-0.05, 0) is 71.6 Å². The molecule has 3 heterocycles. The van der Waals surface area contributed by atoms with Crippen LogP contribution < -0.4 is 0 Å². The van der Waals surface area contributed by atoms with Crippen molar-refractivity contribution in [3.63, 3.8) is 0 Å². The summed E-state index contributed by atoms with van der Waals surface area (Å²) in [6, 6.07) is 6.93. The third kappa shape index (κ3) is 7.57. The Hall–Kier alpha value is -3.25. The molecule has 42 heavy (non-hydrogen) atoms. The Balaban J connectivity index is 0.00000114. The number of allylic oxidation sites excluding steroid dienone is 4. The second kappa shape index (κ2) is 14.3. The maximum atomic E-state index is 13.9. The number of aryl methyl sites for hydroxylation is 2. The Morgan fingerprint density at radius 1 is 1.02 bits per heavy atom. The van der Waals surface area contributed by atoms with Gasteiger partial charge in [-0.2, -0.15) is 0 Å². The lowest BCUT2D eigenvalue weighted by Gasteiger charge is -2.45. The zero-order chi connectivity index (χ0) is 31.2. The summed E-state index contributed by atoms with van der Waals surface area (Å²) in [6.45, 7) is 26.4. The van der Waals surface area contributed by atoms with Gasteiger partial charge in [0.05, 0.1) is 25.5 Å². The van der Waals surface area contributed by atoms with Crippen molar-refractivity contribution < 1.29 is 14.3 Å². The van der Waals surface area contributed by atoms with Crippen LogP contribution in [0.1, 0.15) is 64.2 Å². The van der Waals surface area contributed by atoms with Gasteiger partial charge < -0.3 is 14.4 Å². The molecule has 2 fully saturated rings. The number of piperidine rings is 1. The summed E-state index contributed by atoms with van der Waals surface area (Å²) in [5, 5.41) is 0. The van der Waals surface area contributed by atoms with E-state index in [0.717, 1.165) is 49.5 Å². The molecule has 0 aliphatic carbocycles. The SMILES string of the molecule is C=C(C)C.C=C(OC)C1=CC(/C=C(\C)OC)CN2C(=O)N(CC)C3(CCN(Cc4cc(C)cc(C)c4)CC3)/C2=C/C1C. The van der Waals surface area contributed by atoms with Crippen molar-refractivity contribution in [2.75, 3.05) is 40.4 Å². The van der Waals surface area contributed by atoms with E-state index in [-0.39, 0.29) is 23.4 Å². The number of rotatable bonds is 7. The second-order valence-corrected chi connectivity index (χ2v) is 12.4. The number of fused-ring (bicyclic) bond motifs is 2. The molecule has 230 valence electrons. The summed E-state index contributed by atoms with van der Waals surface area (Å²) in [7, 11) is 3.35. The van der Waals surface area contributed by atoms with Gasteiger partial charge in [-0.15, -0.1) is 6.58 Å². The van der Waals surface area contributed by atoms with E-state index in [1.807, 2.05) is 25.7 Å². The number of ether oxygens (including phenoxy) is 2. The van der Waals surface area contributed by atoms with E-state index in [4.69, 9.17) is 9.47 Å². The number of urea groups is 1. The minimum Gasteiger partial charge on any atom is -0.502 e. The topological polar surface area (TPSA) is 45.3 Å². The van der Waals surface area contributed by atoms with Crippen LogP contribution in [0.4, 0.5) is 4.79 Å². The zero-order valence-electron chi connectivity index (χ0n) is 27.5. The molecule has 3 aliphatic heterocycles. The molecular weight excluding hydrogens is 522 g/mol. The van der Waals surface area contributed by atoms with Crippen LogP contribution in [0.2, 0.25) is 0 Å². The van der Waals surface area contributed by atoms with Crippen LogP contribution in [0.3, 0.4) is 0 Å². The molecule has 4 rings (SSSR count). The number of carbonyl (C=O) groups is 1. The van der Waals surface area contributed by atoms with Crippen molar-refractivity contribution >= 4 is 6.03 Å². The first-order valence-electron chi connectivity index (χ1n) is 15.3. The Morgan fingerprint density at radius 3 is 2.14 bits per heavy atom. The molecule has 1 aromatic rings. The van der Waals surface area contributed by atoms with Gasteiger partial charge in [0.25, 0.3) is 0 Å². The molecule has 3 aliphatic rings. The van der Waals surface area contributed by atoms with E-state index < -0.39 is 0 Å². The first kappa shape index (κ1) is 33.3. The molecular formula is C36H53N3O3. The lowest BCUT2D eigenvalue weighted by molar-refractivity contribution is 0.0887. The monoisotopic (exact) mass is 575 g/mol. The van der Waals surface area contributed by atoms with E-state index in [9.17, 15) is 4.79 Å². The number of amides is 2. The Bertz CT molecular complexity index is 1230. The molecule has 0 bridgehead atoms. The van der Waals surface area contributed by atoms with Crippen LogP contribution in [0.5, 0.6) is 0 Å². The van der Waals surface area contributed by atoms with Crippen LogP contribution in [0.15, 0.2) is 77.9 Å². The summed E-state index contributed by atoms with van der Waals surface area (Å²) in [4.78, 5) is 20.6. The Labute approximate surface area is 255 Å². The third-order valence-corrected chi connectivity index (χ3v) is 8.46. The lowest BCUT2D eigenvalue weighted by Crippen LogP contribution is -2.53. The molecule has 0 radical (unpaired) electrons.